The highest BCUT2D eigenvalue weighted by Gasteiger charge is 2.23. The average molecular weight is 311 g/mol. The normalized spacial score (nSPS) is 15.2. The van der Waals surface area contributed by atoms with Crippen molar-refractivity contribution in [2.45, 2.75) is 18.9 Å². The summed E-state index contributed by atoms with van der Waals surface area (Å²) in [4.78, 5) is 18.2. The number of carbonyl (C=O) groups is 1. The SMILES string of the molecule is O=C(CNc1ccccc1)N1CCC(Oc2cccnc2)CC1. The van der Waals surface area contributed by atoms with Gasteiger partial charge in [0.25, 0.3) is 0 Å². The maximum Gasteiger partial charge on any atom is 0.241 e. The molecule has 0 radical (unpaired) electrons. The van der Waals surface area contributed by atoms with Gasteiger partial charge in [-0.3, -0.25) is 9.78 Å². The minimum absolute atomic E-state index is 0.133. The summed E-state index contributed by atoms with van der Waals surface area (Å²) in [6.45, 7) is 1.80. The van der Waals surface area contributed by atoms with Gasteiger partial charge in [0.05, 0.1) is 12.7 Å². The highest BCUT2D eigenvalue weighted by molar-refractivity contribution is 5.80. The maximum absolute atomic E-state index is 12.2. The molecule has 0 aliphatic carbocycles. The molecule has 0 spiro atoms. The highest BCUT2D eigenvalue weighted by Crippen LogP contribution is 2.18. The third-order valence-electron chi connectivity index (χ3n) is 3.95. The number of hydrogen-bond donors (Lipinski definition) is 1. The second-order valence-electron chi connectivity index (χ2n) is 5.61. The molecule has 0 bridgehead atoms. The van der Waals surface area contributed by atoms with Crippen LogP contribution in [0.4, 0.5) is 5.69 Å². The van der Waals surface area contributed by atoms with Crippen LogP contribution < -0.4 is 10.1 Å². The molecular formula is C18H21N3O2. The Kier molecular flexibility index (Phi) is 5.09. The summed E-state index contributed by atoms with van der Waals surface area (Å²) >= 11 is 0. The molecule has 2 heterocycles. The van der Waals surface area contributed by atoms with Crippen LogP contribution in [-0.4, -0.2) is 41.5 Å². The van der Waals surface area contributed by atoms with E-state index < -0.39 is 0 Å². The highest BCUT2D eigenvalue weighted by atomic mass is 16.5. The van der Waals surface area contributed by atoms with E-state index in [1.165, 1.54) is 0 Å². The summed E-state index contributed by atoms with van der Waals surface area (Å²) < 4.78 is 5.90. The van der Waals surface area contributed by atoms with E-state index in [1.807, 2.05) is 47.4 Å². The van der Waals surface area contributed by atoms with Crippen LogP contribution in [-0.2, 0) is 4.79 Å². The Morgan fingerprint density at radius 1 is 1.17 bits per heavy atom. The van der Waals surface area contributed by atoms with Crippen LogP contribution in [0, 0.1) is 0 Å². The summed E-state index contributed by atoms with van der Waals surface area (Å²) in [5, 5.41) is 3.16. The first kappa shape index (κ1) is 15.3. The number of nitrogens with one attached hydrogen (secondary N) is 1. The number of anilines is 1. The van der Waals surface area contributed by atoms with Gasteiger partial charge in [-0.1, -0.05) is 18.2 Å². The number of para-hydroxylation sites is 1. The third-order valence-corrected chi connectivity index (χ3v) is 3.95. The zero-order valence-corrected chi connectivity index (χ0v) is 13.0. The molecule has 1 aliphatic heterocycles. The lowest BCUT2D eigenvalue weighted by atomic mass is 10.1. The number of hydrogen-bond acceptors (Lipinski definition) is 4. The molecule has 3 rings (SSSR count). The molecule has 1 aliphatic rings. The van der Waals surface area contributed by atoms with Crippen LogP contribution in [0.15, 0.2) is 54.9 Å². The van der Waals surface area contributed by atoms with Crippen LogP contribution >= 0.6 is 0 Å². The molecular weight excluding hydrogens is 290 g/mol. The van der Waals surface area contributed by atoms with Crippen LogP contribution in [0.5, 0.6) is 5.75 Å². The van der Waals surface area contributed by atoms with Crippen molar-refractivity contribution in [2.75, 3.05) is 25.0 Å². The number of aromatic nitrogens is 1. The van der Waals surface area contributed by atoms with Crippen LogP contribution in [0.25, 0.3) is 0 Å². The van der Waals surface area contributed by atoms with E-state index in [9.17, 15) is 4.79 Å². The van der Waals surface area contributed by atoms with E-state index in [0.29, 0.717) is 6.54 Å². The standard InChI is InChI=1S/C18H21N3O2/c22-18(14-20-15-5-2-1-3-6-15)21-11-8-16(9-12-21)23-17-7-4-10-19-13-17/h1-7,10,13,16,20H,8-9,11-12,14H2. The fourth-order valence-electron chi connectivity index (χ4n) is 2.68. The Labute approximate surface area is 136 Å². The second-order valence-corrected chi connectivity index (χ2v) is 5.61. The van der Waals surface area contributed by atoms with Crippen molar-refractivity contribution in [3.05, 3.63) is 54.9 Å². The van der Waals surface area contributed by atoms with Crippen molar-refractivity contribution in [3.63, 3.8) is 0 Å². The first-order valence-corrected chi connectivity index (χ1v) is 7.94. The molecule has 2 aromatic rings. The Morgan fingerprint density at radius 3 is 2.65 bits per heavy atom. The van der Waals surface area contributed by atoms with Gasteiger partial charge in [-0.15, -0.1) is 0 Å². The van der Waals surface area contributed by atoms with E-state index in [0.717, 1.165) is 37.4 Å². The predicted molar refractivity (Wildman–Crippen MR) is 89.4 cm³/mol. The lowest BCUT2D eigenvalue weighted by Crippen LogP contribution is -2.44. The van der Waals surface area contributed by atoms with Gasteiger partial charge in [-0.05, 0) is 24.3 Å². The van der Waals surface area contributed by atoms with Gasteiger partial charge in [0, 0.05) is 37.8 Å². The van der Waals surface area contributed by atoms with Crippen molar-refractivity contribution in [1.82, 2.24) is 9.88 Å². The Morgan fingerprint density at radius 2 is 1.96 bits per heavy atom. The largest absolute Gasteiger partial charge is 0.489 e. The van der Waals surface area contributed by atoms with Crippen LogP contribution in [0.2, 0.25) is 0 Å². The average Bonchev–Trinajstić information content (AvgIpc) is 2.62. The number of nitrogens with zero attached hydrogens (tertiary/aromatic N) is 2. The first-order chi connectivity index (χ1) is 11.3. The Bertz CT molecular complexity index is 611. The molecule has 1 aromatic carbocycles. The van der Waals surface area contributed by atoms with Gasteiger partial charge < -0.3 is 15.0 Å². The zero-order chi connectivity index (χ0) is 15.9. The molecule has 1 amide bonds. The number of benzene rings is 1. The molecule has 5 nitrogen and oxygen atoms in total. The number of likely N-dealkylation sites (tertiary alicyclic amines) is 1. The quantitative estimate of drug-likeness (QED) is 0.922. The van der Waals surface area contributed by atoms with Gasteiger partial charge in [-0.25, -0.2) is 0 Å². The molecule has 5 heteroatoms. The molecule has 1 saturated heterocycles. The van der Waals surface area contributed by atoms with Crippen molar-refractivity contribution in [1.29, 1.82) is 0 Å². The fourth-order valence-corrected chi connectivity index (χ4v) is 2.68. The van der Waals surface area contributed by atoms with Gasteiger partial charge >= 0.3 is 0 Å². The topological polar surface area (TPSA) is 54.5 Å². The number of piperidine rings is 1. The zero-order valence-electron chi connectivity index (χ0n) is 13.0. The van der Waals surface area contributed by atoms with Crippen LogP contribution in [0.1, 0.15) is 12.8 Å². The van der Waals surface area contributed by atoms with E-state index in [4.69, 9.17) is 4.74 Å². The summed E-state index contributed by atoms with van der Waals surface area (Å²) in [6.07, 6.45) is 5.32. The Hall–Kier alpha value is -2.56. The molecule has 120 valence electrons. The number of carbonyl (C=O) groups excluding carboxylic acids is 1. The van der Waals surface area contributed by atoms with Crippen molar-refractivity contribution in [3.8, 4) is 5.75 Å². The van der Waals surface area contributed by atoms with Crippen LogP contribution in [0.3, 0.4) is 0 Å². The number of ether oxygens (including phenoxy) is 1. The fraction of sp³-hybridized carbons (Fsp3) is 0.333. The molecule has 0 atom stereocenters. The molecule has 1 aromatic heterocycles. The van der Waals surface area contributed by atoms with E-state index in [2.05, 4.69) is 10.3 Å². The lowest BCUT2D eigenvalue weighted by Gasteiger charge is -2.32. The van der Waals surface area contributed by atoms with Crippen molar-refractivity contribution >= 4 is 11.6 Å². The lowest BCUT2D eigenvalue weighted by molar-refractivity contribution is -0.131. The van der Waals surface area contributed by atoms with Crippen molar-refractivity contribution < 1.29 is 9.53 Å². The van der Waals surface area contributed by atoms with Crippen molar-refractivity contribution in [2.24, 2.45) is 0 Å². The number of rotatable bonds is 5. The summed E-state index contributed by atoms with van der Waals surface area (Å²) in [6, 6.07) is 13.6. The maximum atomic E-state index is 12.2. The minimum Gasteiger partial charge on any atom is -0.489 e. The van der Waals surface area contributed by atoms with Gasteiger partial charge in [-0.2, -0.15) is 0 Å². The predicted octanol–water partition coefficient (Wildman–Crippen LogP) is 2.56. The molecule has 23 heavy (non-hydrogen) atoms. The molecule has 0 unspecified atom stereocenters. The monoisotopic (exact) mass is 311 g/mol. The first-order valence-electron chi connectivity index (χ1n) is 7.94. The van der Waals surface area contributed by atoms with Gasteiger partial charge in [0.2, 0.25) is 5.91 Å². The van der Waals surface area contributed by atoms with Gasteiger partial charge in [0.15, 0.2) is 0 Å². The molecule has 1 fully saturated rings. The number of pyridine rings is 1. The number of amides is 1. The molecule has 1 N–H and O–H groups in total. The summed E-state index contributed by atoms with van der Waals surface area (Å²) in [5.41, 5.74) is 0.968. The third kappa shape index (κ3) is 4.45. The van der Waals surface area contributed by atoms with E-state index in [-0.39, 0.29) is 12.0 Å². The minimum atomic E-state index is 0.133. The summed E-state index contributed by atoms with van der Waals surface area (Å²) in [5.74, 6) is 0.928. The molecule has 0 saturated carbocycles. The van der Waals surface area contributed by atoms with E-state index in [1.54, 1.807) is 12.4 Å². The Balaban J connectivity index is 1.42. The van der Waals surface area contributed by atoms with Gasteiger partial charge in [0.1, 0.15) is 11.9 Å². The smallest absolute Gasteiger partial charge is 0.241 e. The second kappa shape index (κ2) is 7.63. The van der Waals surface area contributed by atoms with E-state index >= 15 is 0 Å². The summed E-state index contributed by atoms with van der Waals surface area (Å²) in [7, 11) is 0.